The average Bonchev–Trinajstić information content (AvgIpc) is 1.26. The fourth-order valence-electron chi connectivity index (χ4n) is 13.4. The summed E-state index contributed by atoms with van der Waals surface area (Å²) in [5.41, 5.74) is 13.3. The number of aromatic nitrogens is 11. The van der Waals surface area contributed by atoms with Crippen molar-refractivity contribution in [1.82, 2.24) is 54.4 Å². The maximum absolute atomic E-state index is 10.8. The molecule has 10 heterocycles. The second-order valence-corrected chi connectivity index (χ2v) is 29.8. The Balaban J connectivity index is 0.000000174. The third kappa shape index (κ3) is 30.6. The second-order valence-electron chi connectivity index (χ2n) is 28.8. The summed E-state index contributed by atoms with van der Waals surface area (Å²) >= 11 is 1.19. The number of carbonyl (C=O) groups is 5. The molecule has 5 N–H and O–H groups in total. The number of hydrogen-bond acceptors (Lipinski definition) is 17. The van der Waals surface area contributed by atoms with Gasteiger partial charge in [0.05, 0.1) is 27.1 Å². The second kappa shape index (κ2) is 55.7. The number of fused-ring (bicyclic) bond motifs is 9. The Morgan fingerprint density at radius 2 is 0.693 bits per heavy atom. The van der Waals surface area contributed by atoms with Crippen molar-refractivity contribution in [3.8, 4) is 56.4 Å². The third-order valence-electron chi connectivity index (χ3n) is 19.8. The SMILES string of the molecule is Cn1c(-c2[c-]cccc2)nc2ccccc21.O=C(O)c1cc2cc3ccccc3cc2cn1.O=C(O)c1cc2ccc3ccccc3c2cn1.O=C(O)c1nc2ccccc2o1.O=C(O)c1nc2ccccc2s1.O=C(O)c1nccc2ccccc12.[Ir].[Ir].[Ir].[Ir].[Ir].[c-]1ccccc1-c1ccccn1.[c-]1ccccc1-c1ccccn1.[c-]1ccccc1-c1ccccn1.[c-]1ccccc1-c1ccccn1. The molecular weight excluding hydrogens is 2670 g/mol. The molecule has 0 aliphatic rings. The minimum atomic E-state index is -1.15. The first-order chi connectivity index (χ1) is 66.0. The fourth-order valence-corrected chi connectivity index (χ4v) is 14.2. The van der Waals surface area contributed by atoms with Gasteiger partial charge in [-0.2, -0.15) is 0 Å². The predicted molar refractivity (Wildman–Crippen MR) is 528 cm³/mol. The smallest absolute Gasteiger partial charge is 0.392 e. The van der Waals surface area contributed by atoms with Crippen molar-refractivity contribution in [3.05, 3.63) is 484 Å². The fraction of sp³-hybridized carbons (Fsp3) is 0.00893. The van der Waals surface area contributed by atoms with Crippen LogP contribution in [0.2, 0.25) is 0 Å². The first kappa shape index (κ1) is 108. The monoisotopic (exact) mass is 2750 g/mol. The number of pyridine rings is 7. The number of oxazole rings is 1. The minimum absolute atomic E-state index is 0. The Hall–Kier alpha value is -15.4. The summed E-state index contributed by atoms with van der Waals surface area (Å²) in [6, 6.07) is 137. The van der Waals surface area contributed by atoms with Crippen molar-refractivity contribution in [1.29, 1.82) is 0 Å². The summed E-state index contributed by atoms with van der Waals surface area (Å²) in [5, 5.41) is 53.7. The molecule has 22 nitrogen and oxygen atoms in total. The molecule has 0 aliphatic carbocycles. The quantitative estimate of drug-likeness (QED) is 0.0482. The van der Waals surface area contributed by atoms with Crippen LogP contribution in [0.1, 0.15) is 52.0 Å². The maximum atomic E-state index is 10.8. The number of rotatable bonds is 10. The Morgan fingerprint density at radius 3 is 1.14 bits per heavy atom. The molecule has 140 heavy (non-hydrogen) atoms. The van der Waals surface area contributed by atoms with Gasteiger partial charge in [0.2, 0.25) is 5.01 Å². The Labute approximate surface area is 875 Å². The Morgan fingerprint density at radius 1 is 0.293 bits per heavy atom. The zero-order valence-electron chi connectivity index (χ0n) is 73.6. The summed E-state index contributed by atoms with van der Waals surface area (Å²) in [6.45, 7) is 0. The van der Waals surface area contributed by atoms with E-state index in [1.165, 1.54) is 17.5 Å². The van der Waals surface area contributed by atoms with Crippen LogP contribution >= 0.6 is 11.3 Å². The number of nitrogens with zero attached hydrogens (tertiary/aromatic N) is 11. The van der Waals surface area contributed by atoms with Crippen LogP contribution in [-0.2, 0) is 108 Å². The topological polar surface area (TPSA) is 333 Å². The number of benzene rings is 13. The number of para-hydroxylation sites is 5. The molecule has 13 aromatic carbocycles. The van der Waals surface area contributed by atoms with E-state index in [2.05, 4.69) is 90.8 Å². The van der Waals surface area contributed by atoms with Crippen LogP contribution in [0.3, 0.4) is 0 Å². The van der Waals surface area contributed by atoms with Crippen LogP contribution in [0.4, 0.5) is 0 Å². The molecule has 0 unspecified atom stereocenters. The van der Waals surface area contributed by atoms with Gasteiger partial charge in [0.25, 0.3) is 0 Å². The molecule has 28 heteroatoms. The van der Waals surface area contributed by atoms with E-state index < -0.39 is 29.8 Å². The summed E-state index contributed by atoms with van der Waals surface area (Å²) < 4.78 is 7.93. The van der Waals surface area contributed by atoms with E-state index in [9.17, 15) is 24.0 Å². The van der Waals surface area contributed by atoms with Crippen LogP contribution in [-0.4, -0.2) is 110 Å². The molecular formula is C112H78Ir5N11O11S-5. The van der Waals surface area contributed by atoms with Gasteiger partial charge in [-0.05, 0) is 151 Å². The van der Waals surface area contributed by atoms with Gasteiger partial charge in [0.15, 0.2) is 11.3 Å². The largest absolute Gasteiger partial charge is 0.477 e. The molecule has 5 radical (unpaired) electrons. The molecule has 0 saturated carbocycles. The van der Waals surface area contributed by atoms with E-state index in [4.69, 9.17) is 29.9 Å². The van der Waals surface area contributed by atoms with E-state index in [0.29, 0.717) is 16.5 Å². The average molecular weight is 2750 g/mol. The summed E-state index contributed by atoms with van der Waals surface area (Å²) in [4.78, 5) is 94.2. The van der Waals surface area contributed by atoms with Crippen molar-refractivity contribution >= 4 is 127 Å². The number of imidazole rings is 1. The zero-order chi connectivity index (χ0) is 93.9. The molecule has 0 saturated heterocycles. The van der Waals surface area contributed by atoms with Gasteiger partial charge >= 0.3 is 35.7 Å². The zero-order valence-corrected chi connectivity index (χ0v) is 86.4. The van der Waals surface area contributed by atoms with Crippen LogP contribution in [0, 0.1) is 30.3 Å². The number of aromatic carboxylic acids is 5. The van der Waals surface area contributed by atoms with Gasteiger partial charge in [-0.15, -0.1) is 191 Å². The molecule has 23 aromatic rings. The first-order valence-electron chi connectivity index (χ1n) is 41.7. The number of aryl methyl sites for hydroxylation is 1. The van der Waals surface area contributed by atoms with Crippen molar-refractivity contribution in [2.45, 2.75) is 0 Å². The van der Waals surface area contributed by atoms with E-state index in [-0.39, 0.29) is 129 Å². The molecule has 0 fully saturated rings. The molecule has 0 amide bonds. The predicted octanol–water partition coefficient (Wildman–Crippen LogP) is 24.8. The summed E-state index contributed by atoms with van der Waals surface area (Å²) in [5.74, 6) is -4.41. The van der Waals surface area contributed by atoms with Crippen LogP contribution < -0.4 is 0 Å². The minimum Gasteiger partial charge on any atom is -0.477 e. The van der Waals surface area contributed by atoms with Gasteiger partial charge in [0.1, 0.15) is 16.9 Å². The Kier molecular flexibility index (Phi) is 43.1. The van der Waals surface area contributed by atoms with Crippen LogP contribution in [0.5, 0.6) is 0 Å². The van der Waals surface area contributed by atoms with Gasteiger partial charge in [0, 0.05) is 167 Å². The van der Waals surface area contributed by atoms with E-state index in [1.807, 2.05) is 322 Å². The van der Waals surface area contributed by atoms with Crippen LogP contribution in [0.25, 0.3) is 143 Å². The molecule has 10 aromatic heterocycles. The van der Waals surface area contributed by atoms with Gasteiger partial charge < -0.3 is 54.5 Å². The van der Waals surface area contributed by atoms with Gasteiger partial charge in [-0.3, -0.25) is 4.98 Å². The molecule has 0 spiro atoms. The normalized spacial score (nSPS) is 9.89. The molecule has 703 valence electrons. The number of hydrogen-bond donors (Lipinski definition) is 5. The van der Waals surface area contributed by atoms with E-state index >= 15 is 0 Å². The van der Waals surface area contributed by atoms with Crippen molar-refractivity contribution < 1.29 is 154 Å². The van der Waals surface area contributed by atoms with Crippen molar-refractivity contribution in [2.75, 3.05) is 0 Å². The Bertz CT molecular complexity index is 7260. The number of carboxylic acids is 5. The summed E-state index contributed by atoms with van der Waals surface area (Å²) in [7, 11) is 2.03. The van der Waals surface area contributed by atoms with Crippen LogP contribution in [0.15, 0.2) is 430 Å². The molecule has 0 atom stereocenters. The van der Waals surface area contributed by atoms with Gasteiger partial charge in [-0.25, -0.2) is 48.9 Å². The van der Waals surface area contributed by atoms with Crippen molar-refractivity contribution in [2.24, 2.45) is 7.05 Å². The van der Waals surface area contributed by atoms with Gasteiger partial charge in [-0.1, -0.05) is 170 Å². The molecule has 23 rings (SSSR count). The van der Waals surface area contributed by atoms with E-state index in [1.54, 1.807) is 97.8 Å². The van der Waals surface area contributed by atoms with E-state index in [0.717, 1.165) is 126 Å². The maximum Gasteiger partial charge on any atom is 0.392 e. The molecule has 0 aliphatic heterocycles. The number of thiazole rings is 1. The van der Waals surface area contributed by atoms with Crippen molar-refractivity contribution in [3.63, 3.8) is 0 Å². The first-order valence-corrected chi connectivity index (χ1v) is 42.6. The molecule has 0 bridgehead atoms. The summed E-state index contributed by atoms with van der Waals surface area (Å²) in [6.07, 6.45) is 11.9. The third-order valence-corrected chi connectivity index (χ3v) is 20.8. The number of carboxylic acid groups (broad SMARTS) is 5. The standard InChI is InChI=1S/C14H11N2.2C14H9NO2.4C11H8N.C10H7NO2.C8H5NO3.C8H5NO2S.5Ir/c1-16-13-10-6-5-9-12(13)15-14(16)11-7-3-2-4-8-11;16-14(17)13-7-11-5-9-3-1-2-4-10(9)6-12(11)8-15-13;16-14(17)13-7-10-6-5-9-3-1-2-4-11(9)12(10)8-15-13;4*1-2-6-10(7-3-1)11-8-4-5-9-12-11;12-10(13)9-8-4-2-1-3-7(8)5-6-11-9;2*10-8(11)7-9-5-3-1-2-4-6(5)12-7;;;;;/h2-7,9-10H,1H3;2*1-8H,(H,16,17);4*1-6,8-9H;1-6H,(H,12,13);2*1-4H,(H,10,11);;;;;/q-1;;;4*-1;;;;;;;;.